The van der Waals surface area contributed by atoms with Gasteiger partial charge in [0, 0.05) is 22.9 Å². The predicted molar refractivity (Wildman–Crippen MR) is 137 cm³/mol. The number of nitrogens with one attached hydrogen (secondary N) is 2. The molecule has 0 saturated heterocycles. The van der Waals surface area contributed by atoms with Crippen LogP contribution in [-0.2, 0) is 14.8 Å². The minimum absolute atomic E-state index is 0.0749. The molecule has 192 valence electrons. The molecule has 1 amide bonds. The molecule has 36 heavy (non-hydrogen) atoms. The monoisotopic (exact) mass is 513 g/mol. The van der Waals surface area contributed by atoms with E-state index in [4.69, 9.17) is 4.74 Å². The van der Waals surface area contributed by atoms with Crippen molar-refractivity contribution in [3.63, 3.8) is 0 Å². The number of pyridine rings is 1. The Balaban J connectivity index is 1.37. The Morgan fingerprint density at radius 1 is 1.14 bits per heavy atom. The molecular formula is C27H32FN3O4S. The van der Waals surface area contributed by atoms with Crippen molar-refractivity contribution >= 4 is 26.8 Å². The SMILES string of the molecule is CCOc1ccc2cc(S(=O)(=O)N[C@H]3CC[C@](C)(C(=O)N[C@H](C)c4ccc(F)cc4)CC3)ccc2n1. The molecule has 0 spiro atoms. The Kier molecular flexibility index (Phi) is 7.61. The maximum atomic E-state index is 13.2. The molecule has 1 aliphatic carbocycles. The Hall–Kier alpha value is -3.04. The van der Waals surface area contributed by atoms with Crippen LogP contribution in [0.5, 0.6) is 5.88 Å². The van der Waals surface area contributed by atoms with Crippen LogP contribution in [0.1, 0.15) is 58.1 Å². The van der Waals surface area contributed by atoms with Gasteiger partial charge in [0.2, 0.25) is 21.8 Å². The van der Waals surface area contributed by atoms with Crippen LogP contribution < -0.4 is 14.8 Å². The van der Waals surface area contributed by atoms with Crippen LogP contribution in [0.3, 0.4) is 0 Å². The lowest BCUT2D eigenvalue weighted by Crippen LogP contribution is -2.46. The van der Waals surface area contributed by atoms with Gasteiger partial charge in [0.1, 0.15) is 5.82 Å². The van der Waals surface area contributed by atoms with Crippen LogP contribution in [0.2, 0.25) is 0 Å². The summed E-state index contributed by atoms with van der Waals surface area (Å²) in [6.07, 6.45) is 2.23. The van der Waals surface area contributed by atoms with E-state index in [2.05, 4.69) is 15.0 Å². The van der Waals surface area contributed by atoms with E-state index in [1.54, 1.807) is 42.5 Å². The average molecular weight is 514 g/mol. The van der Waals surface area contributed by atoms with E-state index in [9.17, 15) is 17.6 Å². The fourth-order valence-electron chi connectivity index (χ4n) is 4.57. The second-order valence-corrected chi connectivity index (χ2v) is 11.4. The zero-order chi connectivity index (χ0) is 25.9. The summed E-state index contributed by atoms with van der Waals surface area (Å²) in [7, 11) is -3.73. The highest BCUT2D eigenvalue weighted by Crippen LogP contribution is 2.37. The Morgan fingerprint density at radius 2 is 1.83 bits per heavy atom. The number of carbonyl (C=O) groups excluding carboxylic acids is 1. The van der Waals surface area contributed by atoms with Gasteiger partial charge in [-0.15, -0.1) is 0 Å². The number of rotatable bonds is 8. The van der Waals surface area contributed by atoms with Gasteiger partial charge in [0.05, 0.1) is 23.1 Å². The molecule has 1 aromatic heterocycles. The van der Waals surface area contributed by atoms with Crippen molar-refractivity contribution in [2.45, 2.75) is 63.4 Å². The van der Waals surface area contributed by atoms with Crippen molar-refractivity contribution < 1.29 is 22.3 Å². The van der Waals surface area contributed by atoms with Crippen LogP contribution in [0.4, 0.5) is 4.39 Å². The van der Waals surface area contributed by atoms with E-state index >= 15 is 0 Å². The van der Waals surface area contributed by atoms with Crippen molar-refractivity contribution in [1.82, 2.24) is 15.0 Å². The van der Waals surface area contributed by atoms with Gasteiger partial charge >= 0.3 is 0 Å². The number of carbonyl (C=O) groups is 1. The summed E-state index contributed by atoms with van der Waals surface area (Å²) in [5.74, 6) is 0.107. The van der Waals surface area contributed by atoms with E-state index < -0.39 is 15.4 Å². The molecule has 1 aliphatic rings. The van der Waals surface area contributed by atoms with Gasteiger partial charge in [-0.05, 0) is 81.5 Å². The highest BCUT2D eigenvalue weighted by molar-refractivity contribution is 7.89. The van der Waals surface area contributed by atoms with Crippen LogP contribution in [0.15, 0.2) is 59.5 Å². The van der Waals surface area contributed by atoms with Crippen molar-refractivity contribution in [2.24, 2.45) is 5.41 Å². The Bertz CT molecular complexity index is 1340. The maximum absolute atomic E-state index is 13.2. The Morgan fingerprint density at radius 3 is 2.50 bits per heavy atom. The van der Waals surface area contributed by atoms with Crippen molar-refractivity contribution in [3.05, 3.63) is 66.0 Å². The second-order valence-electron chi connectivity index (χ2n) is 9.64. The zero-order valence-electron chi connectivity index (χ0n) is 20.8. The summed E-state index contributed by atoms with van der Waals surface area (Å²) in [6, 6.07) is 13.9. The summed E-state index contributed by atoms with van der Waals surface area (Å²) in [5.41, 5.74) is 0.895. The fraction of sp³-hybridized carbons (Fsp3) is 0.407. The zero-order valence-corrected chi connectivity index (χ0v) is 21.6. The molecule has 0 radical (unpaired) electrons. The van der Waals surface area contributed by atoms with E-state index in [0.29, 0.717) is 49.1 Å². The first-order chi connectivity index (χ1) is 17.1. The number of fused-ring (bicyclic) bond motifs is 1. The largest absolute Gasteiger partial charge is 0.478 e. The van der Waals surface area contributed by atoms with Crippen LogP contribution >= 0.6 is 0 Å². The third kappa shape index (κ3) is 5.84. The van der Waals surface area contributed by atoms with Gasteiger partial charge in [-0.2, -0.15) is 0 Å². The second kappa shape index (κ2) is 10.5. The third-order valence-corrected chi connectivity index (χ3v) is 8.43. The molecule has 0 unspecified atom stereocenters. The van der Waals surface area contributed by atoms with Gasteiger partial charge in [-0.1, -0.05) is 19.1 Å². The van der Waals surface area contributed by atoms with Crippen molar-refractivity contribution in [1.29, 1.82) is 0 Å². The summed E-state index contributed by atoms with van der Waals surface area (Å²) in [4.78, 5) is 17.6. The predicted octanol–water partition coefficient (Wildman–Crippen LogP) is 4.88. The summed E-state index contributed by atoms with van der Waals surface area (Å²) in [5, 5.41) is 3.74. The van der Waals surface area contributed by atoms with Crippen molar-refractivity contribution in [3.8, 4) is 5.88 Å². The molecule has 7 nitrogen and oxygen atoms in total. The Labute approximate surface area is 211 Å². The standard InChI is InChI=1S/C27H32FN3O4S/c1-4-35-25-12-7-20-17-23(10-11-24(20)30-25)36(33,34)31-22-13-15-27(3,16-14-22)26(32)29-18(2)19-5-8-21(28)9-6-19/h5-12,17-18,22,31H,4,13-16H2,1-3H3,(H,29,32)/t18-,22-,27-/m1/s1. The lowest BCUT2D eigenvalue weighted by molar-refractivity contribution is -0.132. The molecular weight excluding hydrogens is 481 g/mol. The number of amides is 1. The highest BCUT2D eigenvalue weighted by Gasteiger charge is 2.39. The average Bonchev–Trinajstić information content (AvgIpc) is 2.85. The smallest absolute Gasteiger partial charge is 0.240 e. The molecule has 3 aromatic rings. The topological polar surface area (TPSA) is 97.4 Å². The first-order valence-electron chi connectivity index (χ1n) is 12.2. The van der Waals surface area contributed by atoms with Crippen LogP contribution in [0.25, 0.3) is 10.9 Å². The van der Waals surface area contributed by atoms with Gasteiger partial charge in [-0.25, -0.2) is 22.5 Å². The number of hydrogen-bond donors (Lipinski definition) is 2. The van der Waals surface area contributed by atoms with Crippen LogP contribution in [0, 0.1) is 11.2 Å². The van der Waals surface area contributed by atoms with Gasteiger partial charge in [0.15, 0.2) is 0 Å². The molecule has 9 heteroatoms. The molecule has 0 bridgehead atoms. The third-order valence-electron chi connectivity index (χ3n) is 6.91. The number of halogens is 1. The summed E-state index contributed by atoms with van der Waals surface area (Å²) >= 11 is 0. The number of sulfonamides is 1. The molecule has 1 atom stereocenters. The minimum Gasteiger partial charge on any atom is -0.478 e. The van der Waals surface area contributed by atoms with E-state index in [1.165, 1.54) is 12.1 Å². The summed E-state index contributed by atoms with van der Waals surface area (Å²) < 4.78 is 47.6. The fourth-order valence-corrected chi connectivity index (χ4v) is 5.91. The molecule has 4 rings (SSSR count). The van der Waals surface area contributed by atoms with Crippen LogP contribution in [-0.4, -0.2) is 32.0 Å². The van der Waals surface area contributed by atoms with Gasteiger partial charge in [0.25, 0.3) is 0 Å². The molecule has 0 aliphatic heterocycles. The number of nitrogens with zero attached hydrogens (tertiary/aromatic N) is 1. The molecule has 1 heterocycles. The molecule has 1 fully saturated rings. The molecule has 1 saturated carbocycles. The van der Waals surface area contributed by atoms with E-state index in [1.807, 2.05) is 20.8 Å². The van der Waals surface area contributed by atoms with Crippen molar-refractivity contribution in [2.75, 3.05) is 6.61 Å². The first kappa shape index (κ1) is 26.0. The molecule has 2 aromatic carbocycles. The molecule has 2 N–H and O–H groups in total. The number of aromatic nitrogens is 1. The quantitative estimate of drug-likeness (QED) is 0.448. The number of ether oxygens (including phenoxy) is 1. The van der Waals surface area contributed by atoms with Gasteiger partial charge in [-0.3, -0.25) is 4.79 Å². The van der Waals surface area contributed by atoms with E-state index in [-0.39, 0.29) is 28.7 Å². The lowest BCUT2D eigenvalue weighted by atomic mass is 9.73. The minimum atomic E-state index is -3.73. The lowest BCUT2D eigenvalue weighted by Gasteiger charge is -2.37. The number of benzene rings is 2. The van der Waals surface area contributed by atoms with Gasteiger partial charge < -0.3 is 10.1 Å². The normalized spacial score (nSPS) is 21.2. The summed E-state index contributed by atoms with van der Waals surface area (Å²) in [6.45, 7) is 6.16. The maximum Gasteiger partial charge on any atom is 0.240 e. The van der Waals surface area contributed by atoms with E-state index in [0.717, 1.165) is 5.56 Å². The first-order valence-corrected chi connectivity index (χ1v) is 13.7. The highest BCUT2D eigenvalue weighted by atomic mass is 32.2. The number of hydrogen-bond acceptors (Lipinski definition) is 5.